The third-order valence-electron chi connectivity index (χ3n) is 3.53. The van der Waals surface area contributed by atoms with Crippen LogP contribution in [0.15, 0.2) is 30.6 Å². The summed E-state index contributed by atoms with van der Waals surface area (Å²) in [7, 11) is 0. The van der Waals surface area contributed by atoms with Crippen LogP contribution in [0.3, 0.4) is 0 Å². The number of carboxylic acids is 1. The molecule has 1 amide bonds. The van der Waals surface area contributed by atoms with Crippen molar-refractivity contribution < 1.29 is 14.7 Å². The van der Waals surface area contributed by atoms with Gasteiger partial charge in [0.1, 0.15) is 0 Å². The molecule has 1 aromatic carbocycles. The average molecular weight is 352 g/mol. The van der Waals surface area contributed by atoms with Crippen molar-refractivity contribution in [2.75, 3.05) is 13.1 Å². The molecule has 6 nitrogen and oxygen atoms in total. The molecule has 0 unspecified atom stereocenters. The molecule has 0 saturated heterocycles. The number of nitrogens with zero attached hydrogens (tertiary/aromatic N) is 2. The van der Waals surface area contributed by atoms with Crippen LogP contribution in [0.5, 0.6) is 0 Å². The molecular weight excluding hydrogens is 330 g/mol. The maximum absolute atomic E-state index is 12.7. The predicted molar refractivity (Wildman–Crippen MR) is 94.7 cm³/mol. The first-order valence-corrected chi connectivity index (χ1v) is 7.73. The second-order valence-electron chi connectivity index (χ2n) is 5.38. The quantitative estimate of drug-likeness (QED) is 0.799. The minimum Gasteiger partial charge on any atom is -0.478 e. The summed E-state index contributed by atoms with van der Waals surface area (Å²) in [6.07, 6.45) is 4.99. The van der Waals surface area contributed by atoms with Crippen molar-refractivity contribution in [3.05, 3.63) is 41.7 Å². The number of hydrogen-bond donors (Lipinski definition) is 2. The van der Waals surface area contributed by atoms with Gasteiger partial charge in [0.2, 0.25) is 0 Å². The first-order chi connectivity index (χ1) is 11.1. The number of carbonyl (C=O) groups is 2. The molecule has 130 valence electrons. The Kier molecular flexibility index (Phi) is 7.45. The Morgan fingerprint density at radius 2 is 1.71 bits per heavy atom. The van der Waals surface area contributed by atoms with Crippen LogP contribution < -0.4 is 0 Å². The lowest BCUT2D eigenvalue weighted by molar-refractivity contribution is 0.0697. The van der Waals surface area contributed by atoms with Crippen molar-refractivity contribution in [1.29, 1.82) is 0 Å². The number of nitrogens with one attached hydrogen (secondary N) is 1. The van der Waals surface area contributed by atoms with Gasteiger partial charge in [-0.05, 0) is 36.6 Å². The smallest absolute Gasteiger partial charge is 0.335 e. The van der Waals surface area contributed by atoms with E-state index in [4.69, 9.17) is 0 Å². The molecule has 0 aliphatic carbocycles. The highest BCUT2D eigenvalue weighted by Gasteiger charge is 2.18. The number of halogens is 1. The number of hydrogen-bond acceptors (Lipinski definition) is 3. The van der Waals surface area contributed by atoms with Gasteiger partial charge in [0.15, 0.2) is 0 Å². The van der Waals surface area contributed by atoms with Gasteiger partial charge in [-0.1, -0.05) is 13.8 Å². The summed E-state index contributed by atoms with van der Waals surface area (Å²) in [5.41, 5.74) is 1.90. The number of carbonyl (C=O) groups excluding carboxylic acids is 1. The lowest BCUT2D eigenvalue weighted by Crippen LogP contribution is -2.32. The van der Waals surface area contributed by atoms with Gasteiger partial charge in [-0.25, -0.2) is 4.79 Å². The van der Waals surface area contributed by atoms with Gasteiger partial charge in [-0.2, -0.15) is 5.10 Å². The molecule has 0 aliphatic rings. The van der Waals surface area contributed by atoms with Crippen LogP contribution in [0.1, 0.15) is 47.4 Å². The Morgan fingerprint density at radius 1 is 1.08 bits per heavy atom. The summed E-state index contributed by atoms with van der Waals surface area (Å²) < 4.78 is 0. The number of aromatic carboxylic acids is 1. The van der Waals surface area contributed by atoms with Gasteiger partial charge in [-0.3, -0.25) is 9.89 Å². The molecule has 0 spiro atoms. The number of aromatic amines is 1. The summed E-state index contributed by atoms with van der Waals surface area (Å²) in [6, 6.07) is 4.71. The van der Waals surface area contributed by atoms with E-state index < -0.39 is 5.97 Å². The maximum Gasteiger partial charge on any atom is 0.335 e. The Labute approximate surface area is 147 Å². The molecule has 0 saturated carbocycles. The van der Waals surface area contributed by atoms with E-state index in [1.165, 1.54) is 6.07 Å². The van der Waals surface area contributed by atoms with Crippen LogP contribution in [-0.2, 0) is 0 Å². The number of amides is 1. The number of rotatable bonds is 7. The van der Waals surface area contributed by atoms with Crippen LogP contribution >= 0.6 is 12.4 Å². The fourth-order valence-electron chi connectivity index (χ4n) is 2.49. The van der Waals surface area contributed by atoms with Gasteiger partial charge >= 0.3 is 5.97 Å². The van der Waals surface area contributed by atoms with E-state index in [0.29, 0.717) is 24.2 Å². The minimum atomic E-state index is -1.05. The molecule has 0 fully saturated rings. The molecule has 0 radical (unpaired) electrons. The van der Waals surface area contributed by atoms with Gasteiger partial charge in [0.05, 0.1) is 11.8 Å². The van der Waals surface area contributed by atoms with Crippen molar-refractivity contribution in [1.82, 2.24) is 15.1 Å². The monoisotopic (exact) mass is 351 g/mol. The molecule has 1 aromatic heterocycles. The van der Waals surface area contributed by atoms with Gasteiger partial charge < -0.3 is 10.0 Å². The predicted octanol–water partition coefficient (Wildman–Crippen LogP) is 3.46. The van der Waals surface area contributed by atoms with Crippen LogP contribution in [0.25, 0.3) is 11.1 Å². The van der Waals surface area contributed by atoms with Crippen LogP contribution in [0, 0.1) is 0 Å². The van der Waals surface area contributed by atoms with E-state index in [2.05, 4.69) is 10.2 Å². The first kappa shape index (κ1) is 19.7. The zero-order valence-electron chi connectivity index (χ0n) is 13.8. The summed E-state index contributed by atoms with van der Waals surface area (Å²) in [6.45, 7) is 5.34. The van der Waals surface area contributed by atoms with E-state index in [-0.39, 0.29) is 23.9 Å². The molecule has 7 heteroatoms. The highest BCUT2D eigenvalue weighted by molar-refractivity contribution is 5.99. The average Bonchev–Trinajstić information content (AvgIpc) is 3.08. The fourth-order valence-corrected chi connectivity index (χ4v) is 2.49. The summed E-state index contributed by atoms with van der Waals surface area (Å²) in [4.78, 5) is 25.9. The van der Waals surface area contributed by atoms with E-state index in [1.54, 1.807) is 29.4 Å². The van der Waals surface area contributed by atoms with Crippen molar-refractivity contribution in [3.63, 3.8) is 0 Å². The van der Waals surface area contributed by atoms with Crippen molar-refractivity contribution in [2.45, 2.75) is 26.7 Å². The second kappa shape index (κ2) is 9.08. The molecule has 0 aliphatic heterocycles. The van der Waals surface area contributed by atoms with E-state index in [9.17, 15) is 14.7 Å². The number of benzene rings is 1. The molecule has 1 heterocycles. The first-order valence-electron chi connectivity index (χ1n) is 7.73. The molecule has 2 rings (SSSR count). The minimum absolute atomic E-state index is 0. The second-order valence-corrected chi connectivity index (χ2v) is 5.38. The Morgan fingerprint density at radius 3 is 2.21 bits per heavy atom. The Balaban J connectivity index is 0.00000288. The standard InChI is InChI=1S/C17H21N3O3.ClH/c1-3-5-20(6-4-2)16(21)13-7-12(15-10-18-19-11-15)8-14(9-13)17(22)23;/h7-11H,3-6H2,1-2H3,(H,18,19)(H,22,23);1H. The van der Waals surface area contributed by atoms with Gasteiger partial charge in [0, 0.05) is 30.4 Å². The topological polar surface area (TPSA) is 86.3 Å². The largest absolute Gasteiger partial charge is 0.478 e. The zero-order chi connectivity index (χ0) is 16.8. The lowest BCUT2D eigenvalue weighted by atomic mass is 10.0. The molecule has 2 aromatic rings. The molecular formula is C17H22ClN3O3. The summed E-state index contributed by atoms with van der Waals surface area (Å²) in [5, 5.41) is 15.9. The number of aromatic nitrogens is 2. The molecule has 24 heavy (non-hydrogen) atoms. The maximum atomic E-state index is 12.7. The van der Waals surface area contributed by atoms with Crippen LogP contribution in [0.2, 0.25) is 0 Å². The van der Waals surface area contributed by atoms with Crippen LogP contribution in [-0.4, -0.2) is 45.2 Å². The lowest BCUT2D eigenvalue weighted by Gasteiger charge is -2.22. The van der Waals surface area contributed by atoms with Crippen molar-refractivity contribution in [3.8, 4) is 11.1 Å². The molecule has 0 bridgehead atoms. The third-order valence-corrected chi connectivity index (χ3v) is 3.53. The van der Waals surface area contributed by atoms with Gasteiger partial charge in [0.25, 0.3) is 5.91 Å². The third kappa shape index (κ3) is 4.58. The summed E-state index contributed by atoms with van der Waals surface area (Å²) in [5.74, 6) is -1.19. The van der Waals surface area contributed by atoms with E-state index in [1.807, 2.05) is 13.8 Å². The summed E-state index contributed by atoms with van der Waals surface area (Å²) >= 11 is 0. The van der Waals surface area contributed by atoms with Crippen LogP contribution in [0.4, 0.5) is 0 Å². The molecule has 0 atom stereocenters. The number of H-pyrrole nitrogens is 1. The Bertz CT molecular complexity index is 680. The zero-order valence-corrected chi connectivity index (χ0v) is 14.6. The Hall–Kier alpha value is -2.34. The van der Waals surface area contributed by atoms with Gasteiger partial charge in [-0.15, -0.1) is 12.4 Å². The highest BCUT2D eigenvalue weighted by Crippen LogP contribution is 2.22. The fraction of sp³-hybridized carbons (Fsp3) is 0.353. The van der Waals surface area contributed by atoms with E-state index in [0.717, 1.165) is 18.4 Å². The SMILES string of the molecule is CCCN(CCC)C(=O)c1cc(C(=O)O)cc(-c2cn[nH]c2)c1.Cl. The van der Waals surface area contributed by atoms with E-state index >= 15 is 0 Å². The normalized spacial score (nSPS) is 10.1. The molecule has 2 N–H and O–H groups in total. The number of carboxylic acid groups (broad SMARTS) is 1. The van der Waals surface area contributed by atoms with Crippen molar-refractivity contribution in [2.24, 2.45) is 0 Å². The highest BCUT2D eigenvalue weighted by atomic mass is 35.5. The van der Waals surface area contributed by atoms with Crippen molar-refractivity contribution >= 4 is 24.3 Å².